The van der Waals surface area contributed by atoms with Gasteiger partial charge in [0.25, 0.3) is 0 Å². The number of carbonyl (C=O) groups excluding carboxylic acids is 2. The molecule has 0 unspecified atom stereocenters. The molecule has 0 bridgehead atoms. The number of ketones is 1. The molecule has 3 nitrogen and oxygen atoms in total. The van der Waals surface area contributed by atoms with E-state index in [9.17, 15) is 9.59 Å². The van der Waals surface area contributed by atoms with Gasteiger partial charge in [0.05, 0.1) is 0 Å². The van der Waals surface area contributed by atoms with Crippen LogP contribution in [-0.2, 0) is 9.53 Å². The van der Waals surface area contributed by atoms with Crippen LogP contribution in [0.4, 0.5) is 0 Å². The summed E-state index contributed by atoms with van der Waals surface area (Å²) < 4.78 is 6.00. The zero-order valence-electron chi connectivity index (χ0n) is 17.3. The molecular weight excluding hydrogens is 416 g/mol. The maximum Gasteiger partial charge on any atom is 0.306 e. The van der Waals surface area contributed by atoms with Crippen LogP contribution in [0.15, 0.2) is 40.9 Å². The van der Waals surface area contributed by atoms with Crippen molar-refractivity contribution in [2.75, 3.05) is 6.61 Å². The highest BCUT2D eigenvalue weighted by Crippen LogP contribution is 2.12. The van der Waals surface area contributed by atoms with E-state index < -0.39 is 0 Å². The van der Waals surface area contributed by atoms with E-state index in [4.69, 9.17) is 4.74 Å². The number of rotatable bonds is 16. The predicted molar refractivity (Wildman–Crippen MR) is 120 cm³/mol. The third kappa shape index (κ3) is 12.9. The van der Waals surface area contributed by atoms with Crippen LogP contribution in [0.2, 0.25) is 0 Å². The molecule has 0 heterocycles. The van der Waals surface area contributed by atoms with Crippen molar-refractivity contribution in [2.24, 2.45) is 0 Å². The van der Waals surface area contributed by atoms with Crippen molar-refractivity contribution < 1.29 is 14.3 Å². The first-order chi connectivity index (χ1) is 13.6. The van der Waals surface area contributed by atoms with E-state index in [-0.39, 0.29) is 18.4 Å². The van der Waals surface area contributed by atoms with Crippen molar-refractivity contribution in [1.29, 1.82) is 0 Å². The van der Waals surface area contributed by atoms with Crippen molar-refractivity contribution in [1.82, 2.24) is 0 Å². The van der Waals surface area contributed by atoms with Gasteiger partial charge < -0.3 is 4.74 Å². The Kier molecular flexibility index (Phi) is 14.5. The summed E-state index contributed by atoms with van der Waals surface area (Å²) in [7, 11) is 0. The van der Waals surface area contributed by atoms with E-state index in [1.54, 1.807) is 24.3 Å². The number of halogens is 1. The SMILES string of the molecule is CCCCCC/C=C/CCCCCCCC(=O)OCC(=O)c1ccc(Br)cc1. The summed E-state index contributed by atoms with van der Waals surface area (Å²) in [5.41, 5.74) is 0.561. The standard InChI is InChI=1S/C24H35BrO3/c1-2-3-4-5-6-7-8-9-10-11-12-13-14-15-24(27)28-20-23(26)21-16-18-22(25)19-17-21/h7-8,16-19H,2-6,9-15,20H2,1H3/b8-7+. The van der Waals surface area contributed by atoms with Crippen molar-refractivity contribution >= 4 is 27.7 Å². The van der Waals surface area contributed by atoms with Crippen LogP contribution in [-0.4, -0.2) is 18.4 Å². The second kappa shape index (κ2) is 16.5. The number of hydrogen-bond acceptors (Lipinski definition) is 3. The molecule has 1 rings (SSSR count). The van der Waals surface area contributed by atoms with Gasteiger partial charge in [-0.1, -0.05) is 85.7 Å². The molecule has 0 aliphatic rings. The molecule has 1 aromatic carbocycles. The van der Waals surface area contributed by atoms with Gasteiger partial charge in [0.2, 0.25) is 0 Å². The molecule has 0 saturated carbocycles. The number of benzene rings is 1. The first-order valence-electron chi connectivity index (χ1n) is 10.7. The second-order valence-electron chi connectivity index (χ2n) is 7.22. The van der Waals surface area contributed by atoms with Crippen LogP contribution in [0.25, 0.3) is 0 Å². The summed E-state index contributed by atoms with van der Waals surface area (Å²) >= 11 is 3.33. The quantitative estimate of drug-likeness (QED) is 0.114. The number of hydrogen-bond donors (Lipinski definition) is 0. The Hall–Kier alpha value is -1.42. The minimum absolute atomic E-state index is 0.167. The summed E-state index contributed by atoms with van der Waals surface area (Å²) in [6.45, 7) is 2.07. The lowest BCUT2D eigenvalue weighted by Crippen LogP contribution is -2.13. The lowest BCUT2D eigenvalue weighted by atomic mass is 10.1. The second-order valence-corrected chi connectivity index (χ2v) is 8.13. The molecule has 28 heavy (non-hydrogen) atoms. The summed E-state index contributed by atoms with van der Waals surface area (Å²) in [5, 5.41) is 0. The van der Waals surface area contributed by atoms with Crippen molar-refractivity contribution in [2.45, 2.75) is 84.0 Å². The number of carbonyl (C=O) groups is 2. The van der Waals surface area contributed by atoms with E-state index in [1.165, 1.54) is 44.9 Å². The molecule has 0 atom stereocenters. The Balaban J connectivity index is 1.94. The highest BCUT2D eigenvalue weighted by Gasteiger charge is 2.09. The molecular formula is C24H35BrO3. The molecule has 156 valence electrons. The maximum absolute atomic E-state index is 12.0. The number of ether oxygens (including phenoxy) is 1. The Morgan fingerprint density at radius 3 is 2.07 bits per heavy atom. The summed E-state index contributed by atoms with van der Waals surface area (Å²) in [6.07, 6.45) is 18.2. The predicted octanol–water partition coefficient (Wildman–Crippen LogP) is 7.43. The van der Waals surface area contributed by atoms with E-state index >= 15 is 0 Å². The van der Waals surface area contributed by atoms with E-state index in [2.05, 4.69) is 35.0 Å². The van der Waals surface area contributed by atoms with Gasteiger partial charge in [0, 0.05) is 16.5 Å². The van der Waals surface area contributed by atoms with Crippen LogP contribution in [0.5, 0.6) is 0 Å². The molecule has 0 aromatic heterocycles. The lowest BCUT2D eigenvalue weighted by molar-refractivity contribution is -0.142. The number of esters is 1. The van der Waals surface area contributed by atoms with E-state index in [0.717, 1.165) is 30.2 Å². The largest absolute Gasteiger partial charge is 0.457 e. The normalized spacial score (nSPS) is 11.1. The third-order valence-electron chi connectivity index (χ3n) is 4.67. The molecule has 0 aliphatic heterocycles. The average molecular weight is 451 g/mol. The van der Waals surface area contributed by atoms with Gasteiger partial charge in [-0.3, -0.25) is 9.59 Å². The van der Waals surface area contributed by atoms with Gasteiger partial charge in [-0.2, -0.15) is 0 Å². The molecule has 0 amide bonds. The molecule has 0 aliphatic carbocycles. The van der Waals surface area contributed by atoms with E-state index in [0.29, 0.717) is 12.0 Å². The van der Waals surface area contributed by atoms with Crippen LogP contribution in [0, 0.1) is 0 Å². The first kappa shape index (κ1) is 24.6. The smallest absolute Gasteiger partial charge is 0.306 e. The fourth-order valence-electron chi connectivity index (χ4n) is 2.92. The Labute approximate surface area is 179 Å². The highest BCUT2D eigenvalue weighted by molar-refractivity contribution is 9.10. The summed E-state index contributed by atoms with van der Waals surface area (Å²) in [4.78, 5) is 23.7. The van der Waals surface area contributed by atoms with Crippen molar-refractivity contribution in [3.05, 3.63) is 46.5 Å². The highest BCUT2D eigenvalue weighted by atomic mass is 79.9. The summed E-state index contributed by atoms with van der Waals surface area (Å²) in [5.74, 6) is -0.448. The summed E-state index contributed by atoms with van der Waals surface area (Å²) in [6, 6.07) is 7.06. The number of allylic oxidation sites excluding steroid dienone is 2. The van der Waals surface area contributed by atoms with Crippen LogP contribution < -0.4 is 0 Å². The van der Waals surface area contributed by atoms with Gasteiger partial charge in [0.15, 0.2) is 12.4 Å². The molecule has 0 N–H and O–H groups in total. The van der Waals surface area contributed by atoms with Gasteiger partial charge in [0.1, 0.15) is 0 Å². The minimum atomic E-state index is -0.281. The molecule has 4 heteroatoms. The van der Waals surface area contributed by atoms with Crippen LogP contribution in [0.1, 0.15) is 94.3 Å². The lowest BCUT2D eigenvalue weighted by Gasteiger charge is -2.05. The minimum Gasteiger partial charge on any atom is -0.457 e. The maximum atomic E-state index is 12.0. The molecule has 0 radical (unpaired) electrons. The van der Waals surface area contributed by atoms with E-state index in [1.807, 2.05) is 0 Å². The van der Waals surface area contributed by atoms with Crippen molar-refractivity contribution in [3.8, 4) is 0 Å². The Morgan fingerprint density at radius 1 is 0.857 bits per heavy atom. The fourth-order valence-corrected chi connectivity index (χ4v) is 3.19. The monoisotopic (exact) mass is 450 g/mol. The van der Waals surface area contributed by atoms with Crippen molar-refractivity contribution in [3.63, 3.8) is 0 Å². The Bertz CT molecular complexity index is 578. The molecule has 0 saturated heterocycles. The zero-order chi connectivity index (χ0) is 20.5. The van der Waals surface area contributed by atoms with Crippen LogP contribution >= 0.6 is 15.9 Å². The number of unbranched alkanes of at least 4 members (excludes halogenated alkanes) is 9. The van der Waals surface area contributed by atoms with Gasteiger partial charge in [-0.15, -0.1) is 0 Å². The van der Waals surface area contributed by atoms with Gasteiger partial charge in [-0.05, 0) is 44.2 Å². The molecule has 0 spiro atoms. The van der Waals surface area contributed by atoms with Gasteiger partial charge >= 0.3 is 5.97 Å². The molecule has 1 aromatic rings. The number of Topliss-reactive ketones (excluding diaryl/α,β-unsaturated/α-hetero) is 1. The zero-order valence-corrected chi connectivity index (χ0v) is 18.8. The van der Waals surface area contributed by atoms with Gasteiger partial charge in [-0.25, -0.2) is 0 Å². The first-order valence-corrected chi connectivity index (χ1v) is 11.5. The third-order valence-corrected chi connectivity index (χ3v) is 5.20. The molecule has 0 fully saturated rings. The van der Waals surface area contributed by atoms with Crippen LogP contribution in [0.3, 0.4) is 0 Å². The topological polar surface area (TPSA) is 43.4 Å². The fraction of sp³-hybridized carbons (Fsp3) is 0.583. The Morgan fingerprint density at radius 2 is 1.43 bits per heavy atom. The average Bonchev–Trinajstić information content (AvgIpc) is 2.70.